The molecule has 3 saturated heterocycles. The summed E-state index contributed by atoms with van der Waals surface area (Å²) in [5, 5.41) is 2.62. The Morgan fingerprint density at radius 1 is 1.29 bits per heavy atom. The van der Waals surface area contributed by atoms with E-state index in [1.165, 1.54) is 25.0 Å². The van der Waals surface area contributed by atoms with Crippen LogP contribution in [0.4, 0.5) is 25.4 Å². The van der Waals surface area contributed by atoms with Gasteiger partial charge in [-0.2, -0.15) is 0 Å². The van der Waals surface area contributed by atoms with Gasteiger partial charge in [0.1, 0.15) is 11.9 Å². The van der Waals surface area contributed by atoms with E-state index in [-0.39, 0.29) is 37.0 Å². The van der Waals surface area contributed by atoms with Crippen LogP contribution in [0.25, 0.3) is 0 Å². The van der Waals surface area contributed by atoms with Crippen molar-refractivity contribution in [3.05, 3.63) is 24.0 Å². The Bertz CT molecular complexity index is 881. The summed E-state index contributed by atoms with van der Waals surface area (Å²) in [7, 11) is 1.38. The number of hydrogen-bond acceptors (Lipinski definition) is 6. The number of nitrogens with zero attached hydrogens (tertiary/aromatic N) is 3. The van der Waals surface area contributed by atoms with E-state index in [2.05, 4.69) is 5.32 Å². The number of ether oxygens (including phenoxy) is 2. The second-order valence-corrected chi connectivity index (χ2v) is 8.23. The zero-order valence-corrected chi connectivity index (χ0v) is 17.7. The van der Waals surface area contributed by atoms with Crippen molar-refractivity contribution in [1.29, 1.82) is 0 Å². The van der Waals surface area contributed by atoms with Crippen molar-refractivity contribution in [2.75, 3.05) is 49.6 Å². The van der Waals surface area contributed by atoms with Gasteiger partial charge in [0.15, 0.2) is 0 Å². The summed E-state index contributed by atoms with van der Waals surface area (Å²) in [6.45, 7) is 3.70. The summed E-state index contributed by atoms with van der Waals surface area (Å²) in [4.78, 5) is 40.4. The Morgan fingerprint density at radius 3 is 2.81 bits per heavy atom. The van der Waals surface area contributed by atoms with Crippen LogP contribution in [0.1, 0.15) is 19.8 Å². The summed E-state index contributed by atoms with van der Waals surface area (Å²) in [6, 6.07) is 4.69. The number of fused-ring (bicyclic) bond motifs is 1. The Hall–Kier alpha value is -3.04. The van der Waals surface area contributed by atoms with Crippen molar-refractivity contribution >= 4 is 29.5 Å². The van der Waals surface area contributed by atoms with Crippen LogP contribution in [0.2, 0.25) is 0 Å². The van der Waals surface area contributed by atoms with Crippen LogP contribution in [0.5, 0.6) is 0 Å². The van der Waals surface area contributed by atoms with Gasteiger partial charge in [-0.25, -0.2) is 14.0 Å². The van der Waals surface area contributed by atoms with E-state index >= 15 is 4.39 Å². The average Bonchev–Trinajstić information content (AvgIpc) is 3.34. The minimum atomic E-state index is -0.566. The third kappa shape index (κ3) is 4.24. The third-order valence-electron chi connectivity index (χ3n) is 6.23. The van der Waals surface area contributed by atoms with Crippen LogP contribution in [-0.2, 0) is 14.3 Å². The van der Waals surface area contributed by atoms with Gasteiger partial charge in [-0.3, -0.25) is 9.69 Å². The second kappa shape index (κ2) is 8.60. The molecule has 1 N–H and O–H groups in total. The molecular weight excluding hydrogens is 407 g/mol. The molecule has 0 spiro atoms. The van der Waals surface area contributed by atoms with Crippen molar-refractivity contribution in [2.45, 2.75) is 31.9 Å². The molecule has 1 aromatic carbocycles. The Balaban J connectivity index is 1.45. The molecule has 3 fully saturated rings. The van der Waals surface area contributed by atoms with Gasteiger partial charge in [0.2, 0.25) is 5.91 Å². The lowest BCUT2D eigenvalue weighted by molar-refractivity contribution is -0.119. The molecule has 9 nitrogen and oxygen atoms in total. The second-order valence-electron chi connectivity index (χ2n) is 8.23. The molecule has 0 bridgehead atoms. The Kier molecular flexibility index (Phi) is 5.88. The van der Waals surface area contributed by atoms with Gasteiger partial charge < -0.3 is 24.6 Å². The standard InChI is InChI=1S/C21H27FN4O5/c1-13(27)23-9-16-11-26(21(29)31-16)15-5-6-18(17(22)8-15)24-10-14-4-3-7-25(19(14)12-24)20(28)30-2/h5-6,8,14,16,19H,3-4,7,9-12H2,1-2H3,(H,23,27)/t14-,16+,19+/m1/s1. The number of benzene rings is 1. The number of methoxy groups -OCH3 is 1. The predicted molar refractivity (Wildman–Crippen MR) is 111 cm³/mol. The first-order valence-corrected chi connectivity index (χ1v) is 10.5. The fourth-order valence-electron chi connectivity index (χ4n) is 4.74. The molecule has 10 heteroatoms. The van der Waals surface area contributed by atoms with Gasteiger partial charge in [-0.1, -0.05) is 0 Å². The van der Waals surface area contributed by atoms with Crippen molar-refractivity contribution in [2.24, 2.45) is 5.92 Å². The van der Waals surface area contributed by atoms with E-state index in [1.54, 1.807) is 17.0 Å². The van der Waals surface area contributed by atoms with E-state index in [4.69, 9.17) is 9.47 Å². The van der Waals surface area contributed by atoms with Gasteiger partial charge >= 0.3 is 12.2 Å². The molecule has 3 aliphatic rings. The van der Waals surface area contributed by atoms with Crippen molar-refractivity contribution in [3.63, 3.8) is 0 Å². The van der Waals surface area contributed by atoms with E-state index in [9.17, 15) is 14.4 Å². The fourth-order valence-corrected chi connectivity index (χ4v) is 4.74. The van der Waals surface area contributed by atoms with Crippen LogP contribution in [0.3, 0.4) is 0 Å². The Labute approximate surface area is 180 Å². The number of hydrogen-bond donors (Lipinski definition) is 1. The molecule has 0 unspecified atom stereocenters. The Morgan fingerprint density at radius 2 is 2.10 bits per heavy atom. The lowest BCUT2D eigenvalue weighted by atomic mass is 9.92. The third-order valence-corrected chi connectivity index (χ3v) is 6.23. The average molecular weight is 434 g/mol. The lowest BCUT2D eigenvalue weighted by Gasteiger charge is -2.35. The molecule has 1 aromatic rings. The minimum Gasteiger partial charge on any atom is -0.453 e. The zero-order valence-electron chi connectivity index (χ0n) is 17.7. The maximum atomic E-state index is 15.1. The highest BCUT2D eigenvalue weighted by molar-refractivity contribution is 5.90. The predicted octanol–water partition coefficient (Wildman–Crippen LogP) is 1.95. The van der Waals surface area contributed by atoms with Crippen molar-refractivity contribution in [3.8, 4) is 0 Å². The smallest absolute Gasteiger partial charge is 0.414 e. The first-order valence-electron chi connectivity index (χ1n) is 10.5. The highest BCUT2D eigenvalue weighted by Gasteiger charge is 2.42. The molecule has 3 heterocycles. The number of piperidine rings is 1. The summed E-state index contributed by atoms with van der Waals surface area (Å²) in [5.41, 5.74) is 0.856. The van der Waals surface area contributed by atoms with Gasteiger partial charge in [0, 0.05) is 26.6 Å². The number of likely N-dealkylation sites (tertiary alicyclic amines) is 1. The van der Waals surface area contributed by atoms with Crippen LogP contribution < -0.4 is 15.1 Å². The minimum absolute atomic E-state index is 0.00312. The SMILES string of the molecule is COC(=O)N1CCC[C@@H]2CN(c3ccc(N4C[C@H](CNC(C)=O)OC4=O)cc3F)C[C@@H]21. The normalized spacial score (nSPS) is 25.3. The maximum Gasteiger partial charge on any atom is 0.414 e. The zero-order chi connectivity index (χ0) is 22.1. The van der Waals surface area contributed by atoms with Gasteiger partial charge in [-0.05, 0) is 37.0 Å². The largest absolute Gasteiger partial charge is 0.453 e. The highest BCUT2D eigenvalue weighted by Crippen LogP contribution is 2.36. The van der Waals surface area contributed by atoms with Crippen LogP contribution >= 0.6 is 0 Å². The van der Waals surface area contributed by atoms with E-state index in [1.807, 2.05) is 4.90 Å². The summed E-state index contributed by atoms with van der Waals surface area (Å²) < 4.78 is 25.2. The molecular formula is C21H27FN4O5. The summed E-state index contributed by atoms with van der Waals surface area (Å²) in [5.74, 6) is -0.365. The molecule has 0 aromatic heterocycles. The number of amides is 3. The monoisotopic (exact) mass is 434 g/mol. The summed E-state index contributed by atoms with van der Waals surface area (Å²) in [6.07, 6.45) is 0.508. The topological polar surface area (TPSA) is 91.4 Å². The molecule has 31 heavy (non-hydrogen) atoms. The highest BCUT2D eigenvalue weighted by atomic mass is 19.1. The van der Waals surface area contributed by atoms with E-state index in [0.29, 0.717) is 31.0 Å². The first-order chi connectivity index (χ1) is 14.9. The van der Waals surface area contributed by atoms with Crippen LogP contribution in [0.15, 0.2) is 18.2 Å². The summed E-state index contributed by atoms with van der Waals surface area (Å²) >= 11 is 0. The maximum absolute atomic E-state index is 15.1. The quantitative estimate of drug-likeness (QED) is 0.779. The molecule has 4 rings (SSSR count). The molecule has 168 valence electrons. The van der Waals surface area contributed by atoms with Crippen LogP contribution in [0, 0.1) is 11.7 Å². The number of anilines is 2. The number of carbonyl (C=O) groups excluding carboxylic acids is 3. The van der Waals surface area contributed by atoms with E-state index < -0.39 is 18.0 Å². The number of halogens is 1. The number of rotatable bonds is 4. The first kappa shape index (κ1) is 21.2. The number of cyclic esters (lactones) is 1. The molecule has 0 saturated carbocycles. The van der Waals surface area contributed by atoms with Gasteiger partial charge in [0.05, 0.1) is 37.6 Å². The molecule has 3 amide bonds. The molecule has 3 atom stereocenters. The van der Waals surface area contributed by atoms with Crippen LogP contribution in [-0.4, -0.2) is 75.0 Å². The number of carbonyl (C=O) groups is 3. The molecule has 0 aliphatic carbocycles. The van der Waals surface area contributed by atoms with E-state index in [0.717, 1.165) is 12.8 Å². The fraction of sp³-hybridized carbons (Fsp3) is 0.571. The van der Waals surface area contributed by atoms with Crippen molar-refractivity contribution in [1.82, 2.24) is 10.2 Å². The number of nitrogens with one attached hydrogen (secondary N) is 1. The van der Waals surface area contributed by atoms with Gasteiger partial charge in [-0.15, -0.1) is 0 Å². The molecule has 0 radical (unpaired) electrons. The molecule has 3 aliphatic heterocycles. The van der Waals surface area contributed by atoms with Crippen molar-refractivity contribution < 1.29 is 28.2 Å². The lowest BCUT2D eigenvalue weighted by Crippen LogP contribution is -2.48. The van der Waals surface area contributed by atoms with Gasteiger partial charge in [0.25, 0.3) is 0 Å².